The highest BCUT2D eigenvalue weighted by Gasteiger charge is 2.20. The summed E-state index contributed by atoms with van der Waals surface area (Å²) in [6, 6.07) is 5.70. The number of hydrogen-bond donors (Lipinski definition) is 3. The number of amides is 1. The van der Waals surface area contributed by atoms with Crippen molar-refractivity contribution >= 4 is 28.5 Å². The van der Waals surface area contributed by atoms with E-state index in [0.29, 0.717) is 45.1 Å². The molecule has 1 aromatic carbocycles. The monoisotopic (exact) mass is 421 g/mol. The van der Waals surface area contributed by atoms with E-state index in [-0.39, 0.29) is 17.8 Å². The number of aromatic amines is 1. The van der Waals surface area contributed by atoms with Crippen molar-refractivity contribution < 1.29 is 13.7 Å². The summed E-state index contributed by atoms with van der Waals surface area (Å²) < 4.78 is 18.5. The fourth-order valence-corrected chi connectivity index (χ4v) is 3.27. The Hall–Kier alpha value is -4.08. The van der Waals surface area contributed by atoms with E-state index in [1.54, 1.807) is 45.5 Å². The van der Waals surface area contributed by atoms with Gasteiger partial charge in [-0.1, -0.05) is 5.16 Å². The van der Waals surface area contributed by atoms with Crippen molar-refractivity contribution in [3.63, 3.8) is 0 Å². The van der Waals surface area contributed by atoms with Crippen LogP contribution in [0.1, 0.15) is 40.3 Å². The van der Waals surface area contributed by atoms with E-state index in [1.807, 2.05) is 0 Å². The SMILES string of the molecule is CN=C(c1cnc2[nH]cc(C(=O)NC(C)c3ccon3)c2n1)c1ccc(F)cc1NC. The van der Waals surface area contributed by atoms with Gasteiger partial charge in [-0.05, 0) is 25.1 Å². The van der Waals surface area contributed by atoms with Gasteiger partial charge in [-0.25, -0.2) is 14.4 Å². The lowest BCUT2D eigenvalue weighted by atomic mass is 10.0. The van der Waals surface area contributed by atoms with Crippen LogP contribution in [0.5, 0.6) is 0 Å². The van der Waals surface area contributed by atoms with Crippen molar-refractivity contribution in [3.05, 3.63) is 71.3 Å². The van der Waals surface area contributed by atoms with Crippen molar-refractivity contribution in [2.75, 3.05) is 19.4 Å². The van der Waals surface area contributed by atoms with E-state index >= 15 is 0 Å². The summed E-state index contributed by atoms with van der Waals surface area (Å²) in [4.78, 5) is 29.2. The molecule has 0 saturated carbocycles. The van der Waals surface area contributed by atoms with Gasteiger partial charge in [0.15, 0.2) is 5.65 Å². The third-order valence-electron chi connectivity index (χ3n) is 4.85. The third-order valence-corrected chi connectivity index (χ3v) is 4.85. The number of hydrogen-bond acceptors (Lipinski definition) is 7. The largest absolute Gasteiger partial charge is 0.387 e. The molecule has 0 saturated heterocycles. The lowest BCUT2D eigenvalue weighted by Gasteiger charge is -2.12. The second-order valence-electron chi connectivity index (χ2n) is 6.79. The van der Waals surface area contributed by atoms with Gasteiger partial charge in [0.1, 0.15) is 29.0 Å². The molecule has 0 radical (unpaired) electrons. The van der Waals surface area contributed by atoms with Gasteiger partial charge >= 0.3 is 0 Å². The lowest BCUT2D eigenvalue weighted by molar-refractivity contribution is 0.0940. The number of halogens is 1. The van der Waals surface area contributed by atoms with Crippen LogP contribution in [0.15, 0.2) is 52.4 Å². The molecule has 0 aliphatic carbocycles. The Kier molecular flexibility index (Phi) is 5.44. The maximum atomic E-state index is 13.7. The van der Waals surface area contributed by atoms with Gasteiger partial charge in [0.2, 0.25) is 0 Å². The minimum atomic E-state index is -0.365. The minimum absolute atomic E-state index is 0.333. The van der Waals surface area contributed by atoms with Crippen molar-refractivity contribution in [1.29, 1.82) is 0 Å². The van der Waals surface area contributed by atoms with Crippen molar-refractivity contribution in [2.45, 2.75) is 13.0 Å². The molecule has 0 aliphatic rings. The van der Waals surface area contributed by atoms with Crippen molar-refractivity contribution in [1.82, 2.24) is 25.4 Å². The zero-order valence-corrected chi connectivity index (χ0v) is 17.1. The van der Waals surface area contributed by atoms with Crippen molar-refractivity contribution in [3.8, 4) is 0 Å². The molecule has 0 spiro atoms. The first-order valence-corrected chi connectivity index (χ1v) is 9.52. The summed E-state index contributed by atoms with van der Waals surface area (Å²) in [6.45, 7) is 1.80. The van der Waals surface area contributed by atoms with E-state index in [2.05, 4.69) is 35.7 Å². The van der Waals surface area contributed by atoms with E-state index in [4.69, 9.17) is 4.52 Å². The number of carbonyl (C=O) groups is 1. The van der Waals surface area contributed by atoms with Crippen LogP contribution >= 0.6 is 0 Å². The number of aliphatic imine (C=N–C) groups is 1. The van der Waals surface area contributed by atoms with Crippen LogP contribution in [0.4, 0.5) is 10.1 Å². The number of aromatic nitrogens is 4. The standard InChI is InChI=1S/C21H20FN7O2/c1-11(15-6-7-31-29-15)27-21(30)14-9-25-20-19(14)28-17(10-26-20)18(24-3)13-5-4-12(22)8-16(13)23-2/h4-11,23H,1-3H3,(H,25,26)(H,27,30). The Morgan fingerprint density at radius 2 is 2.13 bits per heavy atom. The van der Waals surface area contributed by atoms with Crippen LogP contribution in [-0.4, -0.2) is 45.8 Å². The molecular weight excluding hydrogens is 401 g/mol. The van der Waals surface area contributed by atoms with Gasteiger partial charge in [-0.3, -0.25) is 9.79 Å². The summed E-state index contributed by atoms with van der Waals surface area (Å²) >= 11 is 0. The van der Waals surface area contributed by atoms with E-state index in [9.17, 15) is 9.18 Å². The molecule has 158 valence electrons. The van der Waals surface area contributed by atoms with Gasteiger partial charge in [0.05, 0.1) is 23.5 Å². The molecular formula is C21H20FN7O2. The number of nitrogens with zero attached hydrogens (tertiary/aromatic N) is 4. The first kappa shape index (κ1) is 20.2. The van der Waals surface area contributed by atoms with E-state index in [1.165, 1.54) is 18.4 Å². The number of anilines is 1. The van der Waals surface area contributed by atoms with E-state index < -0.39 is 0 Å². The molecule has 3 N–H and O–H groups in total. The molecule has 10 heteroatoms. The molecule has 1 unspecified atom stereocenters. The highest BCUT2D eigenvalue weighted by molar-refractivity contribution is 6.15. The second kappa shape index (κ2) is 8.34. The highest BCUT2D eigenvalue weighted by atomic mass is 19.1. The number of fused-ring (bicyclic) bond motifs is 1. The third kappa shape index (κ3) is 3.87. The topological polar surface area (TPSA) is 121 Å². The number of benzene rings is 1. The van der Waals surface area contributed by atoms with E-state index in [0.717, 1.165) is 0 Å². The number of H-pyrrole nitrogens is 1. The average molecular weight is 421 g/mol. The van der Waals surface area contributed by atoms with Gasteiger partial charge < -0.3 is 20.1 Å². The van der Waals surface area contributed by atoms with Crippen LogP contribution < -0.4 is 10.6 Å². The smallest absolute Gasteiger partial charge is 0.255 e. The summed E-state index contributed by atoms with van der Waals surface area (Å²) in [6.07, 6.45) is 4.56. The molecule has 0 bridgehead atoms. The molecule has 4 rings (SSSR count). The predicted octanol–water partition coefficient (Wildman–Crippen LogP) is 3.08. The Morgan fingerprint density at radius 1 is 1.29 bits per heavy atom. The lowest BCUT2D eigenvalue weighted by Crippen LogP contribution is -2.26. The fraction of sp³-hybridized carbons (Fsp3) is 0.190. The Morgan fingerprint density at radius 3 is 2.84 bits per heavy atom. The molecule has 4 aromatic rings. The maximum Gasteiger partial charge on any atom is 0.255 e. The van der Waals surface area contributed by atoms with Crippen LogP contribution in [0, 0.1) is 5.82 Å². The van der Waals surface area contributed by atoms with Crippen LogP contribution in [-0.2, 0) is 0 Å². The van der Waals surface area contributed by atoms with Crippen LogP contribution in [0.2, 0.25) is 0 Å². The second-order valence-corrected chi connectivity index (χ2v) is 6.79. The minimum Gasteiger partial charge on any atom is -0.387 e. The molecule has 3 aromatic heterocycles. The van der Waals surface area contributed by atoms with Gasteiger partial charge in [-0.15, -0.1) is 0 Å². The molecule has 3 heterocycles. The van der Waals surface area contributed by atoms with Gasteiger partial charge in [0, 0.05) is 37.6 Å². The molecule has 1 amide bonds. The number of rotatable bonds is 6. The van der Waals surface area contributed by atoms with Gasteiger partial charge in [-0.2, -0.15) is 0 Å². The molecule has 9 nitrogen and oxygen atoms in total. The highest BCUT2D eigenvalue weighted by Crippen LogP contribution is 2.22. The Bertz CT molecular complexity index is 1260. The Labute approximate surface area is 176 Å². The first-order chi connectivity index (χ1) is 15.0. The van der Waals surface area contributed by atoms with Crippen molar-refractivity contribution in [2.24, 2.45) is 4.99 Å². The summed E-state index contributed by atoms with van der Waals surface area (Å²) in [5.74, 6) is -0.697. The predicted molar refractivity (Wildman–Crippen MR) is 114 cm³/mol. The summed E-state index contributed by atoms with van der Waals surface area (Å²) in [5, 5.41) is 9.67. The number of nitrogens with one attached hydrogen (secondary N) is 3. The average Bonchev–Trinajstić information content (AvgIpc) is 3.45. The van der Waals surface area contributed by atoms with Gasteiger partial charge in [0.25, 0.3) is 5.91 Å². The number of carbonyl (C=O) groups excluding carboxylic acids is 1. The molecule has 0 aliphatic heterocycles. The molecule has 1 atom stereocenters. The first-order valence-electron chi connectivity index (χ1n) is 9.52. The Balaban J connectivity index is 1.70. The molecule has 31 heavy (non-hydrogen) atoms. The summed E-state index contributed by atoms with van der Waals surface area (Å²) in [7, 11) is 3.32. The van der Waals surface area contributed by atoms with Crippen LogP contribution in [0.25, 0.3) is 11.2 Å². The maximum absolute atomic E-state index is 13.7. The zero-order valence-electron chi connectivity index (χ0n) is 17.1. The molecule has 0 fully saturated rings. The normalized spacial score (nSPS) is 12.7. The van der Waals surface area contributed by atoms with Crippen LogP contribution in [0.3, 0.4) is 0 Å². The summed E-state index contributed by atoms with van der Waals surface area (Å²) in [5.41, 5.74) is 4.01. The quantitative estimate of drug-likeness (QED) is 0.412. The zero-order chi connectivity index (χ0) is 22.0. The fourth-order valence-electron chi connectivity index (χ4n) is 3.27.